The van der Waals surface area contributed by atoms with E-state index in [4.69, 9.17) is 4.74 Å². The molecule has 0 amide bonds. The van der Waals surface area contributed by atoms with Gasteiger partial charge in [0.05, 0.1) is 0 Å². The van der Waals surface area contributed by atoms with Crippen LogP contribution in [0.4, 0.5) is 5.82 Å². The van der Waals surface area contributed by atoms with Gasteiger partial charge in [-0.3, -0.25) is 0 Å². The Bertz CT molecular complexity index is 795. The first kappa shape index (κ1) is 16.1. The van der Waals surface area contributed by atoms with Gasteiger partial charge in [0.2, 0.25) is 0 Å². The van der Waals surface area contributed by atoms with Crippen LogP contribution >= 0.6 is 0 Å². The number of pyridine rings is 1. The van der Waals surface area contributed by atoms with Gasteiger partial charge >= 0.3 is 0 Å². The number of hydrogen-bond donors (Lipinski definition) is 1. The van der Waals surface area contributed by atoms with Gasteiger partial charge in [-0.25, -0.2) is 9.97 Å². The van der Waals surface area contributed by atoms with Crippen molar-refractivity contribution in [3.63, 3.8) is 0 Å². The fraction of sp³-hybridized carbons (Fsp3) is 0.263. The molecule has 3 rings (SSSR count). The van der Waals surface area contributed by atoms with Crippen LogP contribution in [0.3, 0.4) is 0 Å². The van der Waals surface area contributed by atoms with Crippen LogP contribution in [0, 0.1) is 6.92 Å². The van der Waals surface area contributed by atoms with Gasteiger partial charge in [-0.2, -0.15) is 0 Å². The third kappa shape index (κ3) is 3.93. The van der Waals surface area contributed by atoms with Gasteiger partial charge in [0.25, 0.3) is 0 Å². The standard InChI is InChI=1S/C19H22N4O/c1-14-5-4-6-18(21-14)22-15(2)16-7-9-17(10-8-16)24-13-19-20-11-12-23(19)3/h4-12,15H,13H2,1-3H3,(H,21,22). The maximum atomic E-state index is 5.78. The van der Waals surface area contributed by atoms with Gasteiger partial charge in [0.1, 0.15) is 24.0 Å². The molecule has 0 saturated heterocycles. The Kier molecular flexibility index (Phi) is 4.79. The predicted octanol–water partition coefficient (Wildman–Crippen LogP) is 3.88. The Balaban J connectivity index is 1.60. The second-order valence-electron chi connectivity index (χ2n) is 5.84. The predicted molar refractivity (Wildman–Crippen MR) is 95.0 cm³/mol. The molecule has 124 valence electrons. The molecule has 3 aromatic rings. The van der Waals surface area contributed by atoms with Crippen molar-refractivity contribution in [3.8, 4) is 5.75 Å². The van der Waals surface area contributed by atoms with Crippen molar-refractivity contribution >= 4 is 5.82 Å². The molecule has 2 aromatic heterocycles. The molecule has 0 radical (unpaired) electrons. The Hall–Kier alpha value is -2.82. The molecule has 1 atom stereocenters. The number of rotatable bonds is 6. The number of aryl methyl sites for hydroxylation is 2. The van der Waals surface area contributed by atoms with Crippen molar-refractivity contribution in [2.75, 3.05) is 5.32 Å². The largest absolute Gasteiger partial charge is 0.486 e. The van der Waals surface area contributed by atoms with Gasteiger partial charge in [-0.1, -0.05) is 18.2 Å². The lowest BCUT2D eigenvalue weighted by molar-refractivity contribution is 0.291. The Morgan fingerprint density at radius 2 is 1.96 bits per heavy atom. The van der Waals surface area contributed by atoms with E-state index >= 15 is 0 Å². The summed E-state index contributed by atoms with van der Waals surface area (Å²) < 4.78 is 7.74. The average molecular weight is 322 g/mol. The van der Waals surface area contributed by atoms with Crippen molar-refractivity contribution in [1.29, 1.82) is 0 Å². The second kappa shape index (κ2) is 7.17. The summed E-state index contributed by atoms with van der Waals surface area (Å²) in [5, 5.41) is 3.42. The quantitative estimate of drug-likeness (QED) is 0.748. The number of benzene rings is 1. The van der Waals surface area contributed by atoms with Crippen LogP contribution in [-0.4, -0.2) is 14.5 Å². The highest BCUT2D eigenvalue weighted by atomic mass is 16.5. The minimum atomic E-state index is 0.169. The fourth-order valence-corrected chi connectivity index (χ4v) is 2.46. The monoisotopic (exact) mass is 322 g/mol. The van der Waals surface area contributed by atoms with Gasteiger partial charge in [0.15, 0.2) is 0 Å². The summed E-state index contributed by atoms with van der Waals surface area (Å²) in [7, 11) is 1.96. The molecular formula is C19H22N4O. The van der Waals surface area contributed by atoms with Crippen LogP contribution in [0.5, 0.6) is 5.75 Å². The molecule has 0 saturated carbocycles. The van der Waals surface area contributed by atoms with Crippen LogP contribution in [0.25, 0.3) is 0 Å². The first-order chi connectivity index (χ1) is 11.6. The maximum absolute atomic E-state index is 5.78. The van der Waals surface area contributed by atoms with Gasteiger partial charge < -0.3 is 14.6 Å². The average Bonchev–Trinajstić information content (AvgIpc) is 2.98. The number of nitrogens with one attached hydrogen (secondary N) is 1. The zero-order chi connectivity index (χ0) is 16.9. The number of anilines is 1. The van der Waals surface area contributed by atoms with E-state index in [1.807, 2.05) is 55.1 Å². The van der Waals surface area contributed by atoms with Gasteiger partial charge in [0, 0.05) is 31.2 Å². The highest BCUT2D eigenvalue weighted by Gasteiger charge is 2.07. The van der Waals surface area contributed by atoms with Crippen LogP contribution in [0.2, 0.25) is 0 Å². The Morgan fingerprint density at radius 3 is 2.62 bits per heavy atom. The molecule has 5 nitrogen and oxygen atoms in total. The molecule has 1 N–H and O–H groups in total. The number of ether oxygens (including phenoxy) is 1. The molecule has 0 aliphatic heterocycles. The Morgan fingerprint density at radius 1 is 1.17 bits per heavy atom. The smallest absolute Gasteiger partial charge is 0.146 e. The first-order valence-corrected chi connectivity index (χ1v) is 8.01. The summed E-state index contributed by atoms with van der Waals surface area (Å²) in [4.78, 5) is 8.73. The zero-order valence-electron chi connectivity index (χ0n) is 14.2. The molecule has 0 aliphatic rings. The summed E-state index contributed by atoms with van der Waals surface area (Å²) in [6, 6.07) is 14.3. The van der Waals surface area contributed by atoms with Crippen molar-refractivity contribution in [2.24, 2.45) is 7.05 Å². The number of hydrogen-bond acceptors (Lipinski definition) is 4. The number of aromatic nitrogens is 3. The first-order valence-electron chi connectivity index (χ1n) is 8.01. The van der Waals surface area contributed by atoms with E-state index in [-0.39, 0.29) is 6.04 Å². The van der Waals surface area contributed by atoms with Crippen molar-refractivity contribution in [1.82, 2.24) is 14.5 Å². The SMILES string of the molecule is Cc1cccc(NC(C)c2ccc(OCc3nccn3C)cc2)n1. The summed E-state index contributed by atoms with van der Waals surface area (Å²) in [5.74, 6) is 2.62. The Labute approximate surface area is 142 Å². The third-order valence-electron chi connectivity index (χ3n) is 3.92. The molecular weight excluding hydrogens is 300 g/mol. The van der Waals surface area contributed by atoms with E-state index < -0.39 is 0 Å². The maximum Gasteiger partial charge on any atom is 0.146 e. The minimum Gasteiger partial charge on any atom is -0.486 e. The van der Waals surface area contributed by atoms with Crippen LogP contribution in [0.1, 0.15) is 30.0 Å². The van der Waals surface area contributed by atoms with Gasteiger partial charge in [-0.05, 0) is 43.7 Å². The van der Waals surface area contributed by atoms with Crippen molar-refractivity contribution in [3.05, 3.63) is 71.9 Å². The molecule has 1 aromatic carbocycles. The molecule has 1 unspecified atom stereocenters. The minimum absolute atomic E-state index is 0.169. The van der Waals surface area contributed by atoms with Crippen LogP contribution in [0.15, 0.2) is 54.9 Å². The van der Waals surface area contributed by atoms with E-state index in [0.29, 0.717) is 6.61 Å². The van der Waals surface area contributed by atoms with Gasteiger partial charge in [-0.15, -0.1) is 0 Å². The highest BCUT2D eigenvalue weighted by Crippen LogP contribution is 2.21. The number of imidazole rings is 1. The lowest BCUT2D eigenvalue weighted by atomic mass is 10.1. The van der Waals surface area contributed by atoms with E-state index in [0.717, 1.165) is 23.1 Å². The van der Waals surface area contributed by atoms with Crippen molar-refractivity contribution in [2.45, 2.75) is 26.5 Å². The molecule has 24 heavy (non-hydrogen) atoms. The molecule has 0 spiro atoms. The zero-order valence-corrected chi connectivity index (χ0v) is 14.2. The van der Waals surface area contributed by atoms with E-state index in [1.165, 1.54) is 5.56 Å². The molecule has 0 bridgehead atoms. The van der Waals surface area contributed by atoms with E-state index in [2.05, 4.69) is 34.3 Å². The molecule has 2 heterocycles. The lowest BCUT2D eigenvalue weighted by Crippen LogP contribution is -2.08. The normalized spacial score (nSPS) is 12.0. The molecule has 5 heteroatoms. The van der Waals surface area contributed by atoms with Crippen LogP contribution < -0.4 is 10.1 Å². The summed E-state index contributed by atoms with van der Waals surface area (Å²) in [6.45, 7) is 4.57. The van der Waals surface area contributed by atoms with E-state index in [1.54, 1.807) is 6.20 Å². The second-order valence-corrected chi connectivity index (χ2v) is 5.84. The van der Waals surface area contributed by atoms with Crippen molar-refractivity contribution < 1.29 is 4.74 Å². The number of nitrogens with zero attached hydrogens (tertiary/aromatic N) is 3. The van der Waals surface area contributed by atoms with E-state index in [9.17, 15) is 0 Å². The fourth-order valence-electron chi connectivity index (χ4n) is 2.46. The highest BCUT2D eigenvalue weighted by molar-refractivity contribution is 5.39. The summed E-state index contributed by atoms with van der Waals surface area (Å²) in [6.07, 6.45) is 3.68. The summed E-state index contributed by atoms with van der Waals surface area (Å²) in [5.41, 5.74) is 2.19. The topological polar surface area (TPSA) is 52.0 Å². The van der Waals surface area contributed by atoms with Crippen LogP contribution in [-0.2, 0) is 13.7 Å². The lowest BCUT2D eigenvalue weighted by Gasteiger charge is -2.16. The molecule has 0 fully saturated rings. The third-order valence-corrected chi connectivity index (χ3v) is 3.92. The summed E-state index contributed by atoms with van der Waals surface area (Å²) >= 11 is 0. The molecule has 0 aliphatic carbocycles.